The highest BCUT2D eigenvalue weighted by Crippen LogP contribution is 2.22. The van der Waals surface area contributed by atoms with Gasteiger partial charge in [-0.15, -0.1) is 0 Å². The number of anilines is 1. The number of hydrogen-bond acceptors (Lipinski definition) is 4. The van der Waals surface area contributed by atoms with Crippen LogP contribution in [0, 0.1) is 5.82 Å². The number of hydrogen-bond donors (Lipinski definition) is 1. The monoisotopic (exact) mass is 570 g/mol. The summed E-state index contributed by atoms with van der Waals surface area (Å²) in [5.74, 6) is -1.49. The van der Waals surface area contributed by atoms with Crippen molar-refractivity contribution in [3.8, 4) is 0 Å². The van der Waals surface area contributed by atoms with Crippen LogP contribution in [0.4, 0.5) is 10.1 Å². The summed E-state index contributed by atoms with van der Waals surface area (Å²) >= 11 is 3.38. The third kappa shape index (κ3) is 8.01. The highest BCUT2D eigenvalue weighted by atomic mass is 79.9. The van der Waals surface area contributed by atoms with Gasteiger partial charge in [0.1, 0.15) is 18.4 Å². The van der Waals surface area contributed by atoms with Crippen molar-refractivity contribution in [2.24, 2.45) is 0 Å². The number of rotatable bonds is 9. The van der Waals surface area contributed by atoms with E-state index in [1.165, 1.54) is 31.1 Å². The van der Waals surface area contributed by atoms with Gasteiger partial charge in [0, 0.05) is 30.7 Å². The summed E-state index contributed by atoms with van der Waals surface area (Å²) in [5.41, 5.74) is 0.371. The Morgan fingerprint density at radius 1 is 1.03 bits per heavy atom. The molecule has 0 heterocycles. The minimum Gasteiger partial charge on any atom is -0.350 e. The third-order valence-electron chi connectivity index (χ3n) is 5.07. The number of benzene rings is 2. The van der Waals surface area contributed by atoms with Gasteiger partial charge in [-0.1, -0.05) is 28.1 Å². The van der Waals surface area contributed by atoms with Gasteiger partial charge in [-0.25, -0.2) is 8.70 Å². The summed E-state index contributed by atoms with van der Waals surface area (Å²) in [7, 11) is -1.41. The molecule has 11 heteroatoms. The SMILES string of the molecule is CC(C(=O)NC(C)(C)C)N(Cc1ccc(Br)cc1)C(=O)CN(c1ccc(F)cc1)S(=O)(=O)N(C)C. The van der Waals surface area contributed by atoms with Crippen LogP contribution in [0.2, 0.25) is 0 Å². The molecule has 2 aromatic carbocycles. The lowest BCUT2D eigenvalue weighted by Crippen LogP contribution is -2.54. The van der Waals surface area contributed by atoms with Crippen LogP contribution in [0.3, 0.4) is 0 Å². The van der Waals surface area contributed by atoms with Gasteiger partial charge < -0.3 is 10.2 Å². The average Bonchev–Trinajstić information content (AvgIpc) is 2.75. The van der Waals surface area contributed by atoms with Crippen molar-refractivity contribution in [1.82, 2.24) is 14.5 Å². The number of nitrogens with one attached hydrogen (secondary N) is 1. The fourth-order valence-corrected chi connectivity index (χ4v) is 4.49. The first kappa shape index (κ1) is 28.7. The Morgan fingerprint density at radius 2 is 1.57 bits per heavy atom. The minimum absolute atomic E-state index is 0.0874. The molecule has 0 bridgehead atoms. The Balaban J connectivity index is 2.45. The average molecular weight is 572 g/mol. The Labute approximate surface area is 215 Å². The maximum absolute atomic E-state index is 13.6. The van der Waals surface area contributed by atoms with Gasteiger partial charge in [-0.2, -0.15) is 12.7 Å². The molecule has 0 saturated heterocycles. The van der Waals surface area contributed by atoms with Gasteiger partial charge in [-0.3, -0.25) is 9.59 Å². The van der Waals surface area contributed by atoms with Crippen LogP contribution >= 0.6 is 15.9 Å². The summed E-state index contributed by atoms with van der Waals surface area (Å²) < 4.78 is 42.4. The summed E-state index contributed by atoms with van der Waals surface area (Å²) in [6, 6.07) is 11.2. The van der Waals surface area contributed by atoms with Crippen molar-refractivity contribution in [3.05, 3.63) is 64.4 Å². The molecule has 0 spiro atoms. The normalized spacial score (nSPS) is 12.8. The summed E-state index contributed by atoms with van der Waals surface area (Å²) in [6.45, 7) is 6.61. The molecule has 1 N–H and O–H groups in total. The zero-order chi connectivity index (χ0) is 26.6. The fraction of sp³-hybridized carbons (Fsp3) is 0.417. The number of halogens is 2. The van der Waals surface area contributed by atoms with Gasteiger partial charge in [0.25, 0.3) is 0 Å². The second kappa shape index (κ2) is 11.5. The lowest BCUT2D eigenvalue weighted by Gasteiger charge is -2.34. The van der Waals surface area contributed by atoms with Crippen LogP contribution in [-0.4, -0.2) is 61.7 Å². The molecule has 8 nitrogen and oxygen atoms in total. The van der Waals surface area contributed by atoms with E-state index in [0.717, 1.165) is 30.8 Å². The Bertz CT molecular complexity index is 1130. The molecule has 2 amide bonds. The molecule has 2 rings (SSSR count). The lowest BCUT2D eigenvalue weighted by molar-refractivity contribution is -0.140. The fourth-order valence-electron chi connectivity index (χ4n) is 3.17. The van der Waals surface area contributed by atoms with E-state index in [0.29, 0.717) is 0 Å². The van der Waals surface area contributed by atoms with Gasteiger partial charge >= 0.3 is 10.2 Å². The van der Waals surface area contributed by atoms with Crippen molar-refractivity contribution in [1.29, 1.82) is 0 Å². The van der Waals surface area contributed by atoms with Gasteiger partial charge in [0.15, 0.2) is 0 Å². The van der Waals surface area contributed by atoms with Crippen LogP contribution in [0.1, 0.15) is 33.3 Å². The molecule has 2 aromatic rings. The van der Waals surface area contributed by atoms with Gasteiger partial charge in [0.2, 0.25) is 11.8 Å². The van der Waals surface area contributed by atoms with Crippen LogP contribution in [-0.2, 0) is 26.3 Å². The molecule has 0 aliphatic heterocycles. The van der Waals surface area contributed by atoms with E-state index in [1.54, 1.807) is 6.92 Å². The highest BCUT2D eigenvalue weighted by Gasteiger charge is 2.33. The molecule has 0 aromatic heterocycles. The van der Waals surface area contributed by atoms with E-state index in [2.05, 4.69) is 21.2 Å². The second-order valence-corrected chi connectivity index (χ2v) is 12.3. The van der Waals surface area contributed by atoms with Crippen molar-refractivity contribution in [3.63, 3.8) is 0 Å². The number of carbonyl (C=O) groups is 2. The van der Waals surface area contributed by atoms with Crippen LogP contribution in [0.5, 0.6) is 0 Å². The maximum Gasteiger partial charge on any atom is 0.304 e. The predicted molar refractivity (Wildman–Crippen MR) is 138 cm³/mol. The Hall–Kier alpha value is -2.50. The largest absolute Gasteiger partial charge is 0.350 e. The molecule has 0 radical (unpaired) electrons. The van der Waals surface area contributed by atoms with E-state index in [4.69, 9.17) is 0 Å². The summed E-state index contributed by atoms with van der Waals surface area (Å²) in [5, 5.41) is 2.87. The molecule has 35 heavy (non-hydrogen) atoms. The van der Waals surface area contributed by atoms with Crippen molar-refractivity contribution >= 4 is 43.6 Å². The van der Waals surface area contributed by atoms with E-state index >= 15 is 0 Å². The highest BCUT2D eigenvalue weighted by molar-refractivity contribution is 9.10. The second-order valence-electron chi connectivity index (χ2n) is 9.34. The first-order chi connectivity index (χ1) is 16.1. The van der Waals surface area contributed by atoms with Crippen molar-refractivity contribution in [2.45, 2.75) is 45.8 Å². The van der Waals surface area contributed by atoms with Gasteiger partial charge in [0.05, 0.1) is 5.69 Å². The molecule has 0 aliphatic rings. The van der Waals surface area contributed by atoms with Gasteiger partial charge in [-0.05, 0) is 69.7 Å². The van der Waals surface area contributed by atoms with E-state index in [9.17, 15) is 22.4 Å². The Kier molecular flexibility index (Phi) is 9.43. The van der Waals surface area contributed by atoms with Crippen molar-refractivity contribution < 1.29 is 22.4 Å². The summed E-state index contributed by atoms with van der Waals surface area (Å²) in [4.78, 5) is 27.9. The zero-order valence-electron chi connectivity index (χ0n) is 20.7. The topological polar surface area (TPSA) is 90.0 Å². The quantitative estimate of drug-likeness (QED) is 0.499. The molecular weight excluding hydrogens is 539 g/mol. The smallest absolute Gasteiger partial charge is 0.304 e. The summed E-state index contributed by atoms with van der Waals surface area (Å²) in [6.07, 6.45) is 0. The zero-order valence-corrected chi connectivity index (χ0v) is 23.2. The molecule has 192 valence electrons. The number of carbonyl (C=O) groups excluding carboxylic acids is 2. The van der Waals surface area contributed by atoms with Crippen LogP contribution in [0.15, 0.2) is 53.0 Å². The number of nitrogens with zero attached hydrogens (tertiary/aromatic N) is 3. The molecule has 1 atom stereocenters. The minimum atomic E-state index is -4.10. The lowest BCUT2D eigenvalue weighted by atomic mass is 10.1. The van der Waals surface area contributed by atoms with Crippen molar-refractivity contribution in [2.75, 3.05) is 24.9 Å². The number of amides is 2. The molecular formula is C24H32BrFN4O4S. The van der Waals surface area contributed by atoms with E-state index in [1.807, 2.05) is 45.0 Å². The third-order valence-corrected chi connectivity index (χ3v) is 7.41. The Morgan fingerprint density at radius 3 is 2.06 bits per heavy atom. The molecule has 1 unspecified atom stereocenters. The first-order valence-electron chi connectivity index (χ1n) is 10.9. The molecule has 0 aliphatic carbocycles. The first-order valence-corrected chi connectivity index (χ1v) is 13.1. The predicted octanol–water partition coefficient (Wildman–Crippen LogP) is 3.53. The molecule has 0 fully saturated rings. The van der Waals surface area contributed by atoms with Crippen LogP contribution < -0.4 is 9.62 Å². The van der Waals surface area contributed by atoms with Crippen LogP contribution in [0.25, 0.3) is 0 Å². The van der Waals surface area contributed by atoms with E-state index < -0.39 is 40.1 Å². The van der Waals surface area contributed by atoms with E-state index in [-0.39, 0.29) is 18.1 Å². The standard InChI is InChI=1S/C24H32BrFN4O4S/c1-17(23(32)27-24(2,3)4)29(15-18-7-9-19(25)10-8-18)22(31)16-30(35(33,34)28(5)6)21-13-11-20(26)12-14-21/h7-14,17H,15-16H2,1-6H3,(H,27,32). The molecule has 0 saturated carbocycles. The maximum atomic E-state index is 13.6.